The van der Waals surface area contributed by atoms with Gasteiger partial charge in [0.25, 0.3) is 10.2 Å². The van der Waals surface area contributed by atoms with Crippen LogP contribution in [0.4, 0.5) is 0 Å². The van der Waals surface area contributed by atoms with Crippen molar-refractivity contribution in [1.29, 1.82) is 0 Å². The summed E-state index contributed by atoms with van der Waals surface area (Å²) in [7, 11) is 1.46. The number of rotatable bonds is 8. The molecule has 7 heteroatoms. The first kappa shape index (κ1) is 19.0. The van der Waals surface area contributed by atoms with Gasteiger partial charge in [-0.15, -0.1) is 0 Å². The molecule has 0 radical (unpaired) electrons. The highest BCUT2D eigenvalue weighted by molar-refractivity contribution is 7.86. The maximum absolute atomic E-state index is 12.6. The summed E-state index contributed by atoms with van der Waals surface area (Å²) in [4.78, 5) is 0. The van der Waals surface area contributed by atoms with Gasteiger partial charge < -0.3 is 9.47 Å². The Morgan fingerprint density at radius 2 is 1.62 bits per heavy atom. The lowest BCUT2D eigenvalue weighted by Crippen LogP contribution is -2.46. The molecule has 0 unspecified atom stereocenters. The van der Waals surface area contributed by atoms with Crippen LogP contribution in [0.2, 0.25) is 0 Å². The summed E-state index contributed by atoms with van der Waals surface area (Å²) in [5.41, 5.74) is 0. The van der Waals surface area contributed by atoms with Gasteiger partial charge in [0.1, 0.15) is 18.1 Å². The van der Waals surface area contributed by atoms with Crippen molar-refractivity contribution in [3.8, 4) is 11.5 Å². The zero-order valence-electron chi connectivity index (χ0n) is 14.8. The summed E-state index contributed by atoms with van der Waals surface area (Å²) in [5, 5.41) is 0. The van der Waals surface area contributed by atoms with Crippen molar-refractivity contribution in [2.45, 2.75) is 38.1 Å². The second kappa shape index (κ2) is 8.69. The Morgan fingerprint density at radius 3 is 2.21 bits per heavy atom. The Kier molecular flexibility index (Phi) is 6.89. The van der Waals surface area contributed by atoms with Crippen LogP contribution in [0.15, 0.2) is 24.3 Å². The fourth-order valence-corrected chi connectivity index (χ4v) is 4.26. The third kappa shape index (κ3) is 4.84. The molecule has 0 aliphatic heterocycles. The lowest BCUT2D eigenvalue weighted by atomic mass is 9.96. The summed E-state index contributed by atoms with van der Waals surface area (Å²) < 4.78 is 38.9. The molecule has 1 aromatic carbocycles. The topological polar surface area (TPSA) is 59.1 Å². The SMILES string of the molecule is COc1ccc(OCCN(C)S(=O)(=O)N(C)C2CCCCC2)cc1. The van der Waals surface area contributed by atoms with Crippen LogP contribution in [0.1, 0.15) is 32.1 Å². The minimum Gasteiger partial charge on any atom is -0.497 e. The van der Waals surface area contributed by atoms with Crippen molar-refractivity contribution in [2.24, 2.45) is 0 Å². The molecule has 1 saturated carbocycles. The van der Waals surface area contributed by atoms with Crippen LogP contribution in [0.25, 0.3) is 0 Å². The molecule has 0 bridgehead atoms. The first-order valence-corrected chi connectivity index (χ1v) is 9.81. The maximum atomic E-state index is 12.6. The fraction of sp³-hybridized carbons (Fsp3) is 0.647. The highest BCUT2D eigenvalue weighted by atomic mass is 32.2. The van der Waals surface area contributed by atoms with Crippen molar-refractivity contribution >= 4 is 10.2 Å². The largest absolute Gasteiger partial charge is 0.497 e. The molecule has 6 nitrogen and oxygen atoms in total. The van der Waals surface area contributed by atoms with Crippen LogP contribution >= 0.6 is 0 Å². The van der Waals surface area contributed by atoms with Crippen LogP contribution in [0, 0.1) is 0 Å². The molecule has 0 aromatic heterocycles. The van der Waals surface area contributed by atoms with Crippen LogP contribution in [0.3, 0.4) is 0 Å². The van der Waals surface area contributed by atoms with Gasteiger partial charge in [-0.25, -0.2) is 0 Å². The summed E-state index contributed by atoms with van der Waals surface area (Å²) in [6.45, 7) is 0.617. The van der Waals surface area contributed by atoms with Gasteiger partial charge in [-0.1, -0.05) is 19.3 Å². The van der Waals surface area contributed by atoms with E-state index in [1.807, 2.05) is 24.3 Å². The Hall–Kier alpha value is -1.31. The van der Waals surface area contributed by atoms with E-state index >= 15 is 0 Å². The number of nitrogens with zero attached hydrogens (tertiary/aromatic N) is 2. The Labute approximate surface area is 145 Å². The van der Waals surface area contributed by atoms with E-state index in [4.69, 9.17) is 9.47 Å². The van der Waals surface area contributed by atoms with E-state index in [1.54, 1.807) is 21.2 Å². The van der Waals surface area contributed by atoms with Crippen LogP contribution < -0.4 is 9.47 Å². The van der Waals surface area contributed by atoms with Crippen LogP contribution in [-0.4, -0.2) is 57.4 Å². The number of benzene rings is 1. The van der Waals surface area contributed by atoms with Gasteiger partial charge in [-0.3, -0.25) is 0 Å². The zero-order chi connectivity index (χ0) is 17.6. The van der Waals surface area contributed by atoms with E-state index in [9.17, 15) is 8.42 Å². The fourth-order valence-electron chi connectivity index (χ4n) is 2.93. The molecule has 1 aromatic rings. The monoisotopic (exact) mass is 356 g/mol. The molecule has 2 rings (SSSR count). The predicted octanol–water partition coefficient (Wildman–Crippen LogP) is 2.52. The van der Waals surface area contributed by atoms with E-state index in [1.165, 1.54) is 15.0 Å². The summed E-state index contributed by atoms with van der Waals surface area (Å²) >= 11 is 0. The van der Waals surface area contributed by atoms with Crippen molar-refractivity contribution in [3.05, 3.63) is 24.3 Å². The molecule has 0 amide bonds. The third-order valence-electron chi connectivity index (χ3n) is 4.58. The molecule has 24 heavy (non-hydrogen) atoms. The Morgan fingerprint density at radius 1 is 1.04 bits per heavy atom. The molecule has 0 spiro atoms. The Balaban J connectivity index is 1.84. The average Bonchev–Trinajstić information content (AvgIpc) is 2.62. The van der Waals surface area contributed by atoms with Crippen molar-refractivity contribution < 1.29 is 17.9 Å². The summed E-state index contributed by atoms with van der Waals surface area (Å²) in [5.74, 6) is 1.46. The maximum Gasteiger partial charge on any atom is 0.281 e. The molecular formula is C17H28N2O4S. The molecule has 0 heterocycles. The highest BCUT2D eigenvalue weighted by Crippen LogP contribution is 2.24. The second-order valence-electron chi connectivity index (χ2n) is 6.16. The van der Waals surface area contributed by atoms with Gasteiger partial charge >= 0.3 is 0 Å². The van der Waals surface area contributed by atoms with Crippen molar-refractivity contribution in [3.63, 3.8) is 0 Å². The lowest BCUT2D eigenvalue weighted by Gasteiger charge is -2.33. The van der Waals surface area contributed by atoms with Crippen LogP contribution in [-0.2, 0) is 10.2 Å². The third-order valence-corrected chi connectivity index (χ3v) is 6.58. The molecule has 0 atom stereocenters. The first-order chi connectivity index (χ1) is 11.4. The number of likely N-dealkylation sites (N-methyl/N-ethyl adjacent to an activating group) is 1. The zero-order valence-corrected chi connectivity index (χ0v) is 15.6. The van der Waals surface area contributed by atoms with Gasteiger partial charge in [0.05, 0.1) is 7.11 Å². The molecular weight excluding hydrogens is 328 g/mol. The second-order valence-corrected chi connectivity index (χ2v) is 8.26. The molecule has 1 aliphatic rings. The van der Waals surface area contributed by atoms with Crippen molar-refractivity contribution in [2.75, 3.05) is 34.4 Å². The quantitative estimate of drug-likeness (QED) is 0.718. The minimum absolute atomic E-state index is 0.119. The van der Waals surface area contributed by atoms with Crippen molar-refractivity contribution in [1.82, 2.24) is 8.61 Å². The summed E-state index contributed by atoms with van der Waals surface area (Å²) in [6, 6.07) is 7.36. The van der Waals surface area contributed by atoms with E-state index in [2.05, 4.69) is 0 Å². The number of hydrogen-bond donors (Lipinski definition) is 0. The molecule has 0 N–H and O–H groups in total. The van der Waals surface area contributed by atoms with Gasteiger partial charge in [-0.05, 0) is 37.1 Å². The lowest BCUT2D eigenvalue weighted by molar-refractivity contribution is 0.251. The van der Waals surface area contributed by atoms with E-state index in [0.717, 1.165) is 31.4 Å². The van der Waals surface area contributed by atoms with E-state index in [0.29, 0.717) is 18.9 Å². The Bertz CT molecular complexity index is 598. The van der Waals surface area contributed by atoms with E-state index in [-0.39, 0.29) is 6.04 Å². The van der Waals surface area contributed by atoms with Gasteiger partial charge in [0, 0.05) is 26.7 Å². The molecule has 1 fully saturated rings. The number of hydrogen-bond acceptors (Lipinski definition) is 4. The normalized spacial score (nSPS) is 16.5. The van der Waals surface area contributed by atoms with Gasteiger partial charge in [-0.2, -0.15) is 17.0 Å². The standard InChI is InChI=1S/C17H28N2O4S/c1-18(13-14-23-17-11-9-16(22-3)10-12-17)24(20,21)19(2)15-7-5-4-6-8-15/h9-12,15H,4-8,13-14H2,1-3H3. The highest BCUT2D eigenvalue weighted by Gasteiger charge is 2.30. The molecule has 0 saturated heterocycles. The number of methoxy groups -OCH3 is 1. The summed E-state index contributed by atoms with van der Waals surface area (Å²) in [6.07, 6.45) is 5.32. The minimum atomic E-state index is -3.44. The van der Waals surface area contributed by atoms with Gasteiger partial charge in [0.15, 0.2) is 0 Å². The van der Waals surface area contributed by atoms with Gasteiger partial charge in [0.2, 0.25) is 0 Å². The number of ether oxygens (including phenoxy) is 2. The first-order valence-electron chi connectivity index (χ1n) is 8.41. The molecule has 1 aliphatic carbocycles. The average molecular weight is 356 g/mol. The predicted molar refractivity (Wildman–Crippen MR) is 94.7 cm³/mol. The molecule has 136 valence electrons. The smallest absolute Gasteiger partial charge is 0.281 e. The van der Waals surface area contributed by atoms with E-state index < -0.39 is 10.2 Å². The van der Waals surface area contributed by atoms with Crippen LogP contribution in [0.5, 0.6) is 11.5 Å².